The van der Waals surface area contributed by atoms with Gasteiger partial charge in [-0.25, -0.2) is 18.0 Å². The van der Waals surface area contributed by atoms with E-state index < -0.39 is 34.5 Å². The van der Waals surface area contributed by atoms with E-state index in [4.69, 9.17) is 9.47 Å². The van der Waals surface area contributed by atoms with Crippen LogP contribution in [-0.2, 0) is 29.1 Å². The summed E-state index contributed by atoms with van der Waals surface area (Å²) in [5, 5.41) is 4.50. The van der Waals surface area contributed by atoms with Gasteiger partial charge in [0, 0.05) is 25.2 Å². The summed E-state index contributed by atoms with van der Waals surface area (Å²) in [6.45, 7) is 4.21. The number of benzene rings is 1. The number of ether oxygens (including phenoxy) is 2. The van der Waals surface area contributed by atoms with Crippen LogP contribution < -0.4 is 10.6 Å². The van der Waals surface area contributed by atoms with E-state index in [1.165, 1.54) is 22.5 Å². The van der Waals surface area contributed by atoms with Gasteiger partial charge in [0.1, 0.15) is 0 Å². The fourth-order valence-corrected chi connectivity index (χ4v) is 3.90. The van der Waals surface area contributed by atoms with Crippen molar-refractivity contribution in [2.75, 3.05) is 32.9 Å². The zero-order valence-corrected chi connectivity index (χ0v) is 17.6. The molecule has 1 aliphatic heterocycles. The summed E-state index contributed by atoms with van der Waals surface area (Å²) < 4.78 is 36.4. The Kier molecular flexibility index (Phi) is 8.51. The van der Waals surface area contributed by atoms with Gasteiger partial charge >= 0.3 is 12.0 Å². The zero-order valence-electron chi connectivity index (χ0n) is 16.8. The van der Waals surface area contributed by atoms with Gasteiger partial charge in [0.15, 0.2) is 6.61 Å². The summed E-state index contributed by atoms with van der Waals surface area (Å²) in [6.07, 6.45) is 2.53. The predicted molar refractivity (Wildman–Crippen MR) is 108 cm³/mol. The number of rotatable bonds is 7. The molecule has 0 aliphatic carbocycles. The van der Waals surface area contributed by atoms with E-state index in [1.807, 2.05) is 5.32 Å². The lowest BCUT2D eigenvalue weighted by Gasteiger charge is -2.26. The molecule has 1 saturated heterocycles. The molecule has 2 N–H and O–H groups in total. The van der Waals surface area contributed by atoms with Gasteiger partial charge in [-0.2, -0.15) is 4.31 Å². The summed E-state index contributed by atoms with van der Waals surface area (Å²) >= 11 is 0. The van der Waals surface area contributed by atoms with E-state index in [0.717, 1.165) is 6.08 Å². The first-order valence-electron chi connectivity index (χ1n) is 9.31. The maximum atomic E-state index is 12.6. The molecule has 1 aliphatic rings. The second-order valence-corrected chi connectivity index (χ2v) is 8.64. The van der Waals surface area contributed by atoms with Gasteiger partial charge < -0.3 is 14.8 Å². The normalized spacial score (nSPS) is 15.2. The molecule has 164 valence electrons. The van der Waals surface area contributed by atoms with Gasteiger partial charge in [-0.3, -0.25) is 10.1 Å². The molecule has 10 nitrogen and oxygen atoms in total. The van der Waals surface area contributed by atoms with E-state index in [2.05, 4.69) is 5.32 Å². The van der Waals surface area contributed by atoms with Crippen LogP contribution in [0.1, 0.15) is 19.4 Å². The van der Waals surface area contributed by atoms with Crippen molar-refractivity contribution in [3.8, 4) is 0 Å². The lowest BCUT2D eigenvalue weighted by molar-refractivity contribution is -0.143. The van der Waals surface area contributed by atoms with Crippen molar-refractivity contribution < 1.29 is 32.3 Å². The largest absolute Gasteiger partial charge is 0.452 e. The smallest absolute Gasteiger partial charge is 0.331 e. The number of nitrogens with one attached hydrogen (secondary N) is 2. The number of sulfonamides is 1. The quantitative estimate of drug-likeness (QED) is 0.467. The van der Waals surface area contributed by atoms with Crippen LogP contribution in [0.3, 0.4) is 0 Å². The summed E-state index contributed by atoms with van der Waals surface area (Å²) in [4.78, 5) is 34.8. The highest BCUT2D eigenvalue weighted by Gasteiger charge is 2.25. The van der Waals surface area contributed by atoms with Gasteiger partial charge in [0.05, 0.1) is 18.1 Å². The lowest BCUT2D eigenvalue weighted by atomic mass is 10.2. The van der Waals surface area contributed by atoms with Gasteiger partial charge in [-0.15, -0.1) is 0 Å². The van der Waals surface area contributed by atoms with Crippen LogP contribution in [0.25, 0.3) is 6.08 Å². The van der Waals surface area contributed by atoms with Crippen LogP contribution in [-0.4, -0.2) is 69.6 Å². The van der Waals surface area contributed by atoms with Crippen molar-refractivity contribution in [1.29, 1.82) is 0 Å². The monoisotopic (exact) mass is 439 g/mol. The number of morpholine rings is 1. The number of urea groups is 1. The Morgan fingerprint density at radius 1 is 1.17 bits per heavy atom. The molecule has 0 spiro atoms. The highest BCUT2D eigenvalue weighted by atomic mass is 32.2. The first kappa shape index (κ1) is 23.5. The van der Waals surface area contributed by atoms with Crippen LogP contribution in [0.5, 0.6) is 0 Å². The average Bonchev–Trinajstić information content (AvgIpc) is 2.71. The first-order chi connectivity index (χ1) is 14.2. The molecule has 2 rings (SSSR count). The number of carbonyl (C=O) groups excluding carboxylic acids is 3. The van der Waals surface area contributed by atoms with Crippen LogP contribution in [0, 0.1) is 0 Å². The molecular formula is C19H25N3O7S. The summed E-state index contributed by atoms with van der Waals surface area (Å²) in [7, 11) is -3.59. The Labute approximate surface area is 175 Å². The Hall–Kier alpha value is -2.76. The average molecular weight is 439 g/mol. The Morgan fingerprint density at radius 3 is 2.40 bits per heavy atom. The molecule has 0 saturated carbocycles. The summed E-state index contributed by atoms with van der Waals surface area (Å²) in [6, 6.07) is 5.21. The van der Waals surface area contributed by atoms with E-state index in [0.29, 0.717) is 31.9 Å². The Morgan fingerprint density at radius 2 is 1.80 bits per heavy atom. The van der Waals surface area contributed by atoms with Crippen molar-refractivity contribution in [3.63, 3.8) is 0 Å². The van der Waals surface area contributed by atoms with E-state index in [-0.39, 0.29) is 10.9 Å². The third-order valence-electron chi connectivity index (χ3n) is 3.92. The van der Waals surface area contributed by atoms with Crippen LogP contribution in [0.2, 0.25) is 0 Å². The molecular weight excluding hydrogens is 414 g/mol. The zero-order chi connectivity index (χ0) is 22.1. The SMILES string of the molecule is CC(C)NC(=O)NC(=O)COC(=O)C=Cc1ccc(S(=O)(=O)N2CCOCC2)cc1. The van der Waals surface area contributed by atoms with Crippen LogP contribution >= 0.6 is 0 Å². The standard InChI is InChI=1S/C19H25N3O7S/c1-14(2)20-19(25)21-17(23)13-29-18(24)8-5-15-3-6-16(7-4-15)30(26,27)22-9-11-28-12-10-22/h3-8,14H,9-13H2,1-2H3,(H2,20,21,23,25). The number of amides is 3. The minimum absolute atomic E-state index is 0.140. The van der Waals surface area contributed by atoms with Gasteiger partial charge in [-0.05, 0) is 37.6 Å². The van der Waals surface area contributed by atoms with Crippen molar-refractivity contribution >= 4 is 34.0 Å². The van der Waals surface area contributed by atoms with E-state index in [1.54, 1.807) is 26.0 Å². The van der Waals surface area contributed by atoms with E-state index >= 15 is 0 Å². The highest BCUT2D eigenvalue weighted by molar-refractivity contribution is 7.89. The number of hydrogen-bond acceptors (Lipinski definition) is 7. The first-order valence-corrected chi connectivity index (χ1v) is 10.8. The Bertz CT molecular complexity index is 889. The second kappa shape index (κ2) is 10.9. The molecule has 1 fully saturated rings. The van der Waals surface area contributed by atoms with Gasteiger partial charge in [0.25, 0.3) is 5.91 Å². The molecule has 0 radical (unpaired) electrons. The fourth-order valence-electron chi connectivity index (χ4n) is 2.50. The third-order valence-corrected chi connectivity index (χ3v) is 5.83. The van der Waals surface area contributed by atoms with Crippen molar-refractivity contribution in [2.24, 2.45) is 0 Å². The fraction of sp³-hybridized carbons (Fsp3) is 0.421. The van der Waals surface area contributed by atoms with Crippen LogP contribution in [0.15, 0.2) is 35.2 Å². The Balaban J connectivity index is 1.85. The number of esters is 1. The topological polar surface area (TPSA) is 131 Å². The summed E-state index contributed by atoms with van der Waals surface area (Å²) in [5.74, 6) is -1.54. The molecule has 0 atom stereocenters. The van der Waals surface area contributed by atoms with Gasteiger partial charge in [-0.1, -0.05) is 12.1 Å². The lowest BCUT2D eigenvalue weighted by Crippen LogP contribution is -2.43. The molecule has 11 heteroatoms. The number of nitrogens with zero attached hydrogens (tertiary/aromatic N) is 1. The molecule has 3 amide bonds. The minimum atomic E-state index is -3.59. The molecule has 30 heavy (non-hydrogen) atoms. The molecule has 0 aromatic heterocycles. The number of imide groups is 1. The molecule has 1 aromatic carbocycles. The van der Waals surface area contributed by atoms with Crippen LogP contribution in [0.4, 0.5) is 4.79 Å². The molecule has 0 unspecified atom stereocenters. The van der Waals surface area contributed by atoms with Crippen molar-refractivity contribution in [1.82, 2.24) is 14.9 Å². The maximum Gasteiger partial charge on any atom is 0.331 e. The number of carbonyl (C=O) groups is 3. The molecule has 1 aromatic rings. The van der Waals surface area contributed by atoms with Gasteiger partial charge in [0.2, 0.25) is 10.0 Å². The minimum Gasteiger partial charge on any atom is -0.452 e. The maximum absolute atomic E-state index is 12.6. The molecule has 0 bridgehead atoms. The summed E-state index contributed by atoms with van der Waals surface area (Å²) in [5.41, 5.74) is 0.577. The van der Waals surface area contributed by atoms with Crippen molar-refractivity contribution in [2.45, 2.75) is 24.8 Å². The molecule has 1 heterocycles. The number of hydrogen-bond donors (Lipinski definition) is 2. The van der Waals surface area contributed by atoms with E-state index in [9.17, 15) is 22.8 Å². The van der Waals surface area contributed by atoms with Crippen molar-refractivity contribution in [3.05, 3.63) is 35.9 Å². The highest BCUT2D eigenvalue weighted by Crippen LogP contribution is 2.18. The second-order valence-electron chi connectivity index (χ2n) is 6.70. The predicted octanol–water partition coefficient (Wildman–Crippen LogP) is 0.498. The third kappa shape index (κ3) is 7.25.